The SMILES string of the molecule is COc1cc2c(c(OC)c1OCCOC(=O)NC(C)(C)C)C(C)CC(=O)O2. The van der Waals surface area contributed by atoms with Crippen LogP contribution in [0.15, 0.2) is 6.07 Å². The summed E-state index contributed by atoms with van der Waals surface area (Å²) in [7, 11) is 2.99. The first-order valence-corrected chi connectivity index (χ1v) is 8.73. The number of alkyl carbamates (subject to hydrolysis) is 1. The summed E-state index contributed by atoms with van der Waals surface area (Å²) >= 11 is 0. The summed E-state index contributed by atoms with van der Waals surface area (Å²) in [6.45, 7) is 7.66. The molecular formula is C19H27NO7. The number of methoxy groups -OCH3 is 2. The van der Waals surface area contributed by atoms with Gasteiger partial charge in [0.15, 0.2) is 11.5 Å². The Balaban J connectivity index is 2.13. The van der Waals surface area contributed by atoms with Gasteiger partial charge in [-0.25, -0.2) is 4.79 Å². The van der Waals surface area contributed by atoms with Crippen molar-refractivity contribution in [1.29, 1.82) is 0 Å². The van der Waals surface area contributed by atoms with Crippen LogP contribution in [0.4, 0.5) is 4.79 Å². The van der Waals surface area contributed by atoms with E-state index < -0.39 is 6.09 Å². The fraction of sp³-hybridized carbons (Fsp3) is 0.579. The van der Waals surface area contributed by atoms with E-state index in [-0.39, 0.29) is 37.1 Å². The number of benzene rings is 1. The maximum Gasteiger partial charge on any atom is 0.407 e. The zero-order valence-corrected chi connectivity index (χ0v) is 16.6. The van der Waals surface area contributed by atoms with E-state index in [1.807, 2.05) is 27.7 Å². The summed E-state index contributed by atoms with van der Waals surface area (Å²) in [5.41, 5.74) is 0.371. The molecular weight excluding hydrogens is 354 g/mol. The summed E-state index contributed by atoms with van der Waals surface area (Å²) in [6.07, 6.45) is -0.262. The Morgan fingerprint density at radius 3 is 2.52 bits per heavy atom. The standard InChI is InChI=1S/C19H27NO7/c1-11-9-14(21)27-12-10-13(23-5)16(17(24-6)15(11)12)25-7-8-26-18(22)20-19(2,3)4/h10-11H,7-9H2,1-6H3,(H,20,22). The largest absolute Gasteiger partial charge is 0.493 e. The number of amides is 1. The number of carbonyl (C=O) groups excluding carboxylic acids is 2. The van der Waals surface area contributed by atoms with Gasteiger partial charge in [-0.1, -0.05) is 6.92 Å². The molecule has 1 amide bonds. The lowest BCUT2D eigenvalue weighted by molar-refractivity contribution is -0.135. The molecule has 0 radical (unpaired) electrons. The topological polar surface area (TPSA) is 92.3 Å². The van der Waals surface area contributed by atoms with Gasteiger partial charge in [0, 0.05) is 17.2 Å². The van der Waals surface area contributed by atoms with Crippen LogP contribution in [0.2, 0.25) is 0 Å². The van der Waals surface area contributed by atoms with E-state index in [4.69, 9.17) is 23.7 Å². The van der Waals surface area contributed by atoms with Gasteiger partial charge >= 0.3 is 12.1 Å². The number of ether oxygens (including phenoxy) is 5. The van der Waals surface area contributed by atoms with Crippen LogP contribution in [0.1, 0.15) is 45.6 Å². The lowest BCUT2D eigenvalue weighted by atomic mass is 9.93. The summed E-state index contributed by atoms with van der Waals surface area (Å²) in [4.78, 5) is 23.4. The zero-order valence-electron chi connectivity index (χ0n) is 16.6. The molecule has 1 aliphatic rings. The van der Waals surface area contributed by atoms with Gasteiger partial charge in [-0.2, -0.15) is 0 Å². The van der Waals surface area contributed by atoms with Crippen LogP contribution in [0.3, 0.4) is 0 Å². The highest BCUT2D eigenvalue weighted by Gasteiger charge is 2.32. The van der Waals surface area contributed by atoms with Crippen LogP contribution in [0.25, 0.3) is 0 Å². The normalized spacial score (nSPS) is 16.1. The van der Waals surface area contributed by atoms with Crippen LogP contribution in [0, 0.1) is 0 Å². The van der Waals surface area contributed by atoms with E-state index in [2.05, 4.69) is 5.32 Å². The minimum absolute atomic E-state index is 0.0514. The maximum absolute atomic E-state index is 11.7. The van der Waals surface area contributed by atoms with Crippen molar-refractivity contribution in [3.63, 3.8) is 0 Å². The van der Waals surface area contributed by atoms with Gasteiger partial charge in [-0.15, -0.1) is 0 Å². The highest BCUT2D eigenvalue weighted by molar-refractivity contribution is 5.79. The number of carbonyl (C=O) groups is 2. The molecule has 0 bridgehead atoms. The molecule has 1 atom stereocenters. The van der Waals surface area contributed by atoms with E-state index in [0.29, 0.717) is 23.0 Å². The molecule has 1 N–H and O–H groups in total. The Morgan fingerprint density at radius 2 is 1.93 bits per heavy atom. The van der Waals surface area contributed by atoms with Crippen LogP contribution in [-0.2, 0) is 9.53 Å². The zero-order chi connectivity index (χ0) is 20.2. The molecule has 0 spiro atoms. The highest BCUT2D eigenvalue weighted by atomic mass is 16.6. The highest BCUT2D eigenvalue weighted by Crippen LogP contribution is 2.50. The quantitative estimate of drug-likeness (QED) is 0.460. The average Bonchev–Trinajstić information content (AvgIpc) is 2.55. The third kappa shape index (κ3) is 5.18. The molecule has 0 fully saturated rings. The molecule has 2 rings (SSSR count). The van der Waals surface area contributed by atoms with Gasteiger partial charge in [0.25, 0.3) is 0 Å². The van der Waals surface area contributed by atoms with E-state index in [1.165, 1.54) is 14.2 Å². The van der Waals surface area contributed by atoms with Crippen molar-refractivity contribution < 1.29 is 33.3 Å². The summed E-state index contributed by atoms with van der Waals surface area (Å²) in [5, 5.41) is 2.70. The Bertz CT molecular complexity index is 709. The summed E-state index contributed by atoms with van der Waals surface area (Å²) in [5.74, 6) is 1.21. The van der Waals surface area contributed by atoms with Crippen molar-refractivity contribution in [1.82, 2.24) is 5.32 Å². The predicted molar refractivity (Wildman–Crippen MR) is 97.9 cm³/mol. The van der Waals surface area contributed by atoms with Crippen molar-refractivity contribution in [3.05, 3.63) is 11.6 Å². The van der Waals surface area contributed by atoms with Crippen molar-refractivity contribution >= 4 is 12.1 Å². The second kappa shape index (κ2) is 8.37. The van der Waals surface area contributed by atoms with Gasteiger partial charge < -0.3 is 29.0 Å². The first-order chi connectivity index (χ1) is 12.7. The molecule has 0 aliphatic carbocycles. The van der Waals surface area contributed by atoms with E-state index >= 15 is 0 Å². The molecule has 1 heterocycles. The smallest absolute Gasteiger partial charge is 0.407 e. The molecule has 0 saturated carbocycles. The molecule has 1 aromatic carbocycles. The lowest BCUT2D eigenvalue weighted by Gasteiger charge is -2.26. The van der Waals surface area contributed by atoms with Gasteiger partial charge in [-0.3, -0.25) is 4.79 Å². The number of fused-ring (bicyclic) bond motifs is 1. The van der Waals surface area contributed by atoms with Crippen molar-refractivity contribution in [2.75, 3.05) is 27.4 Å². The second-order valence-electron chi connectivity index (χ2n) is 7.29. The molecule has 150 valence electrons. The Morgan fingerprint density at radius 1 is 1.22 bits per heavy atom. The van der Waals surface area contributed by atoms with Gasteiger partial charge in [0.05, 0.1) is 20.6 Å². The van der Waals surface area contributed by atoms with Gasteiger partial charge in [0.1, 0.15) is 19.0 Å². The van der Waals surface area contributed by atoms with Crippen molar-refractivity contribution in [3.8, 4) is 23.0 Å². The average molecular weight is 381 g/mol. The molecule has 1 unspecified atom stereocenters. The minimum Gasteiger partial charge on any atom is -0.493 e. The minimum atomic E-state index is -0.518. The fourth-order valence-electron chi connectivity index (χ4n) is 2.79. The van der Waals surface area contributed by atoms with E-state index in [1.54, 1.807) is 6.07 Å². The molecule has 8 nitrogen and oxygen atoms in total. The van der Waals surface area contributed by atoms with Crippen molar-refractivity contribution in [2.45, 2.75) is 45.6 Å². The van der Waals surface area contributed by atoms with Gasteiger partial charge in [-0.05, 0) is 26.7 Å². The summed E-state index contributed by atoms with van der Waals surface area (Å²) in [6, 6.07) is 1.61. The van der Waals surface area contributed by atoms with Crippen LogP contribution in [-0.4, -0.2) is 45.0 Å². The van der Waals surface area contributed by atoms with Crippen LogP contribution in [0.5, 0.6) is 23.0 Å². The Kier molecular flexibility index (Phi) is 6.41. The molecule has 1 aromatic rings. The lowest BCUT2D eigenvalue weighted by Crippen LogP contribution is -2.41. The van der Waals surface area contributed by atoms with E-state index in [9.17, 15) is 9.59 Å². The molecule has 1 aliphatic heterocycles. The third-order valence-electron chi connectivity index (χ3n) is 3.86. The number of hydrogen-bond donors (Lipinski definition) is 1. The third-order valence-corrected chi connectivity index (χ3v) is 3.86. The molecule has 8 heteroatoms. The molecule has 0 aromatic heterocycles. The maximum atomic E-state index is 11.7. The molecule has 27 heavy (non-hydrogen) atoms. The number of nitrogens with one attached hydrogen (secondary N) is 1. The van der Waals surface area contributed by atoms with Gasteiger partial charge in [0.2, 0.25) is 5.75 Å². The van der Waals surface area contributed by atoms with Crippen molar-refractivity contribution in [2.24, 2.45) is 0 Å². The summed E-state index contributed by atoms with van der Waals surface area (Å²) < 4.78 is 27.1. The Hall–Kier alpha value is -2.64. The second-order valence-corrected chi connectivity index (χ2v) is 7.29. The monoisotopic (exact) mass is 381 g/mol. The first kappa shape index (κ1) is 20.7. The predicted octanol–water partition coefficient (Wildman–Crippen LogP) is 3.02. The number of rotatable bonds is 6. The molecule has 0 saturated heterocycles. The van der Waals surface area contributed by atoms with Crippen LogP contribution < -0.4 is 24.3 Å². The fourth-order valence-corrected chi connectivity index (χ4v) is 2.79. The number of hydrogen-bond acceptors (Lipinski definition) is 7. The van der Waals surface area contributed by atoms with E-state index in [0.717, 1.165) is 5.56 Å². The first-order valence-electron chi connectivity index (χ1n) is 8.73. The number of esters is 1. The Labute approximate surface area is 159 Å². The van der Waals surface area contributed by atoms with Crippen LogP contribution >= 0.6 is 0 Å².